The molecule has 0 atom stereocenters. The van der Waals surface area contributed by atoms with Crippen LogP contribution in [0.2, 0.25) is 0 Å². The van der Waals surface area contributed by atoms with Crippen molar-refractivity contribution in [3.05, 3.63) is 35.6 Å². The molecule has 0 aliphatic carbocycles. The van der Waals surface area contributed by atoms with E-state index in [-0.39, 0.29) is 35.2 Å². The van der Waals surface area contributed by atoms with Gasteiger partial charge >= 0.3 is 0 Å². The minimum absolute atomic E-state index is 0. The molecule has 0 amide bonds. The van der Waals surface area contributed by atoms with E-state index in [4.69, 9.17) is 4.74 Å². The Morgan fingerprint density at radius 2 is 1.92 bits per heavy atom. The Morgan fingerprint density at radius 1 is 1.28 bits per heavy atom. The smallest absolute Gasteiger partial charge is 0.193 e. The van der Waals surface area contributed by atoms with E-state index in [0.717, 1.165) is 57.9 Å². The van der Waals surface area contributed by atoms with Crippen molar-refractivity contribution in [2.75, 3.05) is 40.4 Å². The summed E-state index contributed by atoms with van der Waals surface area (Å²) in [5, 5.41) is 3.53. The predicted octanol–water partition coefficient (Wildman–Crippen LogP) is 3.80. The maximum atomic E-state index is 13.3. The molecule has 1 aliphatic rings. The van der Waals surface area contributed by atoms with E-state index in [0.29, 0.717) is 0 Å². The molecule has 1 saturated heterocycles. The zero-order valence-corrected chi connectivity index (χ0v) is 17.9. The molecule has 0 saturated carbocycles. The standard InChI is InChI=1S/C19H30FN3O.HI/c1-4-5-12-23(3)18(21-2)22-15-19(10-13-24-14-11-19)16-6-8-17(20)9-7-16;/h6-9H,4-5,10-15H2,1-3H3,(H,21,22);1H. The first kappa shape index (κ1) is 22.2. The van der Waals surface area contributed by atoms with E-state index >= 15 is 0 Å². The number of nitrogens with one attached hydrogen (secondary N) is 1. The molecule has 0 unspecified atom stereocenters. The van der Waals surface area contributed by atoms with Gasteiger partial charge in [-0.1, -0.05) is 25.5 Å². The van der Waals surface area contributed by atoms with Crippen molar-refractivity contribution in [3.63, 3.8) is 0 Å². The molecule has 1 aromatic rings. The molecular formula is C19H31FIN3O. The zero-order valence-electron chi connectivity index (χ0n) is 15.6. The van der Waals surface area contributed by atoms with Gasteiger partial charge in [-0.3, -0.25) is 4.99 Å². The molecule has 142 valence electrons. The van der Waals surface area contributed by atoms with Crippen LogP contribution in [0.3, 0.4) is 0 Å². The van der Waals surface area contributed by atoms with Crippen LogP contribution < -0.4 is 5.32 Å². The predicted molar refractivity (Wildman–Crippen MR) is 112 cm³/mol. The van der Waals surface area contributed by atoms with E-state index in [1.54, 1.807) is 12.1 Å². The van der Waals surface area contributed by atoms with E-state index in [2.05, 4.69) is 29.2 Å². The average Bonchev–Trinajstić information content (AvgIpc) is 2.61. The number of hydrogen-bond donors (Lipinski definition) is 1. The normalized spacial score (nSPS) is 16.9. The molecule has 0 aromatic heterocycles. The number of benzene rings is 1. The summed E-state index contributed by atoms with van der Waals surface area (Å²) in [6.45, 7) is 5.44. The number of hydrogen-bond acceptors (Lipinski definition) is 2. The van der Waals surface area contributed by atoms with Gasteiger partial charge in [0.2, 0.25) is 0 Å². The van der Waals surface area contributed by atoms with Gasteiger partial charge in [0.05, 0.1) is 0 Å². The number of unbranched alkanes of at least 4 members (excludes halogenated alkanes) is 1. The van der Waals surface area contributed by atoms with Crippen LogP contribution in [0.1, 0.15) is 38.2 Å². The summed E-state index contributed by atoms with van der Waals surface area (Å²) >= 11 is 0. The second-order valence-electron chi connectivity index (χ2n) is 6.58. The second kappa shape index (κ2) is 11.0. The van der Waals surface area contributed by atoms with E-state index in [1.807, 2.05) is 19.2 Å². The minimum Gasteiger partial charge on any atom is -0.381 e. The Bertz CT molecular complexity index is 530. The molecule has 1 fully saturated rings. The molecule has 2 rings (SSSR count). The lowest BCUT2D eigenvalue weighted by Gasteiger charge is -2.39. The van der Waals surface area contributed by atoms with Gasteiger partial charge in [-0.15, -0.1) is 24.0 Å². The monoisotopic (exact) mass is 463 g/mol. The molecule has 1 aliphatic heterocycles. The Labute approximate surface area is 168 Å². The van der Waals surface area contributed by atoms with Crippen LogP contribution >= 0.6 is 24.0 Å². The SMILES string of the molecule is CCCCN(C)C(=NC)NCC1(c2ccc(F)cc2)CCOCC1.I. The average molecular weight is 463 g/mol. The van der Waals surface area contributed by atoms with E-state index < -0.39 is 0 Å². The molecular weight excluding hydrogens is 432 g/mol. The van der Waals surface area contributed by atoms with Crippen molar-refractivity contribution in [2.45, 2.75) is 38.0 Å². The Hall–Kier alpha value is -0.890. The highest BCUT2D eigenvalue weighted by atomic mass is 127. The lowest BCUT2D eigenvalue weighted by molar-refractivity contribution is 0.0512. The number of ether oxygens (including phenoxy) is 1. The summed E-state index contributed by atoms with van der Waals surface area (Å²) in [5.41, 5.74) is 1.14. The largest absolute Gasteiger partial charge is 0.381 e. The number of rotatable bonds is 6. The van der Waals surface area contributed by atoms with E-state index in [9.17, 15) is 4.39 Å². The van der Waals surface area contributed by atoms with Gasteiger partial charge in [-0.2, -0.15) is 0 Å². The maximum Gasteiger partial charge on any atom is 0.193 e. The summed E-state index contributed by atoms with van der Waals surface area (Å²) < 4.78 is 18.9. The van der Waals surface area contributed by atoms with Crippen LogP contribution in [0.4, 0.5) is 4.39 Å². The van der Waals surface area contributed by atoms with Gasteiger partial charge in [0.15, 0.2) is 5.96 Å². The number of aliphatic imine (C=N–C) groups is 1. The van der Waals surface area contributed by atoms with Crippen molar-refractivity contribution < 1.29 is 9.13 Å². The lowest BCUT2D eigenvalue weighted by Crippen LogP contribution is -2.48. The Kier molecular flexibility index (Phi) is 9.71. The number of guanidine groups is 1. The second-order valence-corrected chi connectivity index (χ2v) is 6.58. The van der Waals surface area contributed by atoms with Crippen molar-refractivity contribution in [2.24, 2.45) is 4.99 Å². The highest BCUT2D eigenvalue weighted by molar-refractivity contribution is 14.0. The minimum atomic E-state index is -0.191. The van der Waals surface area contributed by atoms with Crippen LogP contribution in [-0.4, -0.2) is 51.3 Å². The summed E-state index contributed by atoms with van der Waals surface area (Å²) in [7, 11) is 3.89. The summed E-state index contributed by atoms with van der Waals surface area (Å²) in [4.78, 5) is 6.57. The van der Waals surface area contributed by atoms with Gasteiger partial charge in [-0.05, 0) is 37.0 Å². The fraction of sp³-hybridized carbons (Fsp3) is 0.632. The molecule has 0 bridgehead atoms. The van der Waals surface area contributed by atoms with Gasteiger partial charge in [-0.25, -0.2) is 4.39 Å². The van der Waals surface area contributed by atoms with Gasteiger partial charge < -0.3 is 15.0 Å². The summed E-state index contributed by atoms with van der Waals surface area (Å²) in [6, 6.07) is 6.92. The first-order valence-electron chi connectivity index (χ1n) is 8.87. The number of nitrogens with zero attached hydrogens (tertiary/aromatic N) is 2. The molecule has 4 nitrogen and oxygen atoms in total. The molecule has 6 heteroatoms. The fourth-order valence-corrected chi connectivity index (χ4v) is 3.27. The molecule has 1 heterocycles. The quantitative estimate of drug-likeness (QED) is 0.396. The first-order valence-corrected chi connectivity index (χ1v) is 8.87. The van der Waals surface area contributed by atoms with Crippen LogP contribution in [0.5, 0.6) is 0 Å². The van der Waals surface area contributed by atoms with Crippen LogP contribution in [0, 0.1) is 5.82 Å². The molecule has 0 radical (unpaired) electrons. The molecule has 0 spiro atoms. The van der Waals surface area contributed by atoms with Gasteiger partial charge in [0.25, 0.3) is 0 Å². The van der Waals surface area contributed by atoms with Gasteiger partial charge in [0.1, 0.15) is 5.82 Å². The maximum absolute atomic E-state index is 13.3. The highest BCUT2D eigenvalue weighted by Crippen LogP contribution is 2.34. The highest BCUT2D eigenvalue weighted by Gasteiger charge is 2.34. The first-order chi connectivity index (χ1) is 11.6. The molecule has 1 aromatic carbocycles. The van der Waals surface area contributed by atoms with Crippen molar-refractivity contribution in [1.82, 2.24) is 10.2 Å². The third-order valence-corrected chi connectivity index (χ3v) is 4.91. The van der Waals surface area contributed by atoms with E-state index in [1.165, 1.54) is 5.56 Å². The van der Waals surface area contributed by atoms with Crippen LogP contribution in [-0.2, 0) is 10.2 Å². The van der Waals surface area contributed by atoms with Gasteiger partial charge in [0, 0.05) is 45.8 Å². The molecule has 1 N–H and O–H groups in total. The van der Waals surface area contributed by atoms with Crippen molar-refractivity contribution >= 4 is 29.9 Å². The Balaban J connectivity index is 0.00000312. The molecule has 25 heavy (non-hydrogen) atoms. The topological polar surface area (TPSA) is 36.9 Å². The van der Waals surface area contributed by atoms with Crippen LogP contribution in [0.15, 0.2) is 29.3 Å². The third-order valence-electron chi connectivity index (χ3n) is 4.91. The third kappa shape index (κ3) is 6.09. The van der Waals surface area contributed by atoms with Crippen molar-refractivity contribution in [1.29, 1.82) is 0 Å². The fourth-order valence-electron chi connectivity index (χ4n) is 3.27. The summed E-state index contributed by atoms with van der Waals surface area (Å²) in [6.07, 6.45) is 4.18. The lowest BCUT2D eigenvalue weighted by atomic mass is 9.74. The summed E-state index contributed by atoms with van der Waals surface area (Å²) in [5.74, 6) is 0.723. The van der Waals surface area contributed by atoms with Crippen LogP contribution in [0.25, 0.3) is 0 Å². The van der Waals surface area contributed by atoms with Crippen molar-refractivity contribution in [3.8, 4) is 0 Å². The Morgan fingerprint density at radius 3 is 2.48 bits per heavy atom. The number of halogens is 2. The zero-order chi connectivity index (χ0) is 17.4.